The number of rotatable bonds is 7. The summed E-state index contributed by atoms with van der Waals surface area (Å²) in [6, 6.07) is 19.0. The molecule has 2 heterocycles. The molecule has 2 aromatic carbocycles. The van der Waals surface area contributed by atoms with Crippen LogP contribution in [0.15, 0.2) is 83.8 Å². The van der Waals surface area contributed by atoms with Crippen LogP contribution in [0.1, 0.15) is 24.1 Å². The minimum Gasteiger partial charge on any atom is -0.472 e. The Morgan fingerprint density at radius 3 is 2.61 bits per heavy atom. The average Bonchev–Trinajstić information content (AvgIpc) is 3.33. The van der Waals surface area contributed by atoms with Gasteiger partial charge in [0.05, 0.1) is 42.8 Å². The van der Waals surface area contributed by atoms with E-state index in [9.17, 15) is 5.11 Å². The number of hydrogen-bond acceptors (Lipinski definition) is 6. The number of aliphatic hydroxyl groups excluding tert-OH is 1. The Morgan fingerprint density at radius 2 is 1.94 bits per heavy atom. The maximum Gasteiger partial charge on any atom is 0.0996 e. The Morgan fingerprint density at radius 1 is 1.13 bits per heavy atom. The van der Waals surface area contributed by atoms with Gasteiger partial charge in [-0.3, -0.25) is 4.98 Å². The maximum absolute atomic E-state index is 9.93. The van der Waals surface area contributed by atoms with Gasteiger partial charge in [-0.2, -0.15) is 0 Å². The summed E-state index contributed by atoms with van der Waals surface area (Å²) >= 11 is 0. The van der Waals surface area contributed by atoms with E-state index in [2.05, 4.69) is 10.3 Å². The van der Waals surface area contributed by atoms with Crippen molar-refractivity contribution in [3.8, 4) is 22.4 Å². The van der Waals surface area contributed by atoms with E-state index in [1.807, 2.05) is 60.7 Å². The van der Waals surface area contributed by atoms with E-state index in [1.54, 1.807) is 25.6 Å². The highest BCUT2D eigenvalue weighted by Crippen LogP contribution is 2.35. The molecule has 0 bridgehead atoms. The van der Waals surface area contributed by atoms with Gasteiger partial charge in [-0.15, -0.1) is 0 Å². The van der Waals surface area contributed by atoms with E-state index < -0.39 is 0 Å². The molecular formula is C25H24N4O2. The molecule has 0 aliphatic heterocycles. The maximum atomic E-state index is 9.93. The zero-order valence-corrected chi connectivity index (χ0v) is 17.2. The Balaban J connectivity index is 1.79. The molecule has 0 saturated carbocycles. The summed E-state index contributed by atoms with van der Waals surface area (Å²) in [5.41, 5.74) is 12.9. The lowest BCUT2D eigenvalue weighted by Gasteiger charge is -2.19. The minimum absolute atomic E-state index is 0.0537. The first-order valence-corrected chi connectivity index (χ1v) is 9.97. The van der Waals surface area contributed by atoms with Gasteiger partial charge in [0.25, 0.3) is 0 Å². The molecule has 4 aromatic rings. The highest BCUT2D eigenvalue weighted by Gasteiger charge is 2.16. The fraction of sp³-hybridized carbons (Fsp3) is 0.120. The number of furan rings is 1. The highest BCUT2D eigenvalue weighted by molar-refractivity contribution is 6.02. The van der Waals surface area contributed by atoms with Gasteiger partial charge in [0, 0.05) is 28.1 Å². The van der Waals surface area contributed by atoms with E-state index in [4.69, 9.17) is 15.6 Å². The van der Waals surface area contributed by atoms with E-state index in [1.165, 1.54) is 0 Å². The first-order chi connectivity index (χ1) is 15.1. The third-order valence-corrected chi connectivity index (χ3v) is 5.18. The van der Waals surface area contributed by atoms with Crippen LogP contribution < -0.4 is 11.1 Å². The number of nitrogen functional groups attached to an aromatic ring is 1. The van der Waals surface area contributed by atoms with Crippen LogP contribution in [0.5, 0.6) is 0 Å². The summed E-state index contributed by atoms with van der Waals surface area (Å²) < 4.78 is 5.27. The number of aliphatic hydroxyl groups is 1. The number of anilines is 2. The number of nitrogens with two attached hydrogens (primary N) is 1. The molecule has 0 radical (unpaired) electrons. The Kier molecular flexibility index (Phi) is 5.82. The molecule has 0 amide bonds. The lowest BCUT2D eigenvalue weighted by atomic mass is 9.96. The molecule has 2 aromatic heterocycles. The zero-order chi connectivity index (χ0) is 21.8. The molecule has 0 aliphatic rings. The lowest BCUT2D eigenvalue weighted by molar-refractivity contribution is 0.276. The molecule has 0 saturated heterocycles. The Labute approximate surface area is 180 Å². The quantitative estimate of drug-likeness (QED) is 0.249. The van der Waals surface area contributed by atoms with Crippen molar-refractivity contribution in [3.05, 3.63) is 90.5 Å². The van der Waals surface area contributed by atoms with Gasteiger partial charge in [-0.05, 0) is 42.3 Å². The van der Waals surface area contributed by atoms with E-state index in [0.29, 0.717) is 17.0 Å². The summed E-state index contributed by atoms with van der Waals surface area (Å²) in [5.74, 6) is 0. The number of aromatic nitrogens is 1. The fourth-order valence-electron chi connectivity index (χ4n) is 3.56. The van der Waals surface area contributed by atoms with Gasteiger partial charge in [-0.1, -0.05) is 36.4 Å². The first kappa shape index (κ1) is 20.4. The number of nitrogens with one attached hydrogen (secondary N) is 2. The minimum atomic E-state index is -0.263. The second-order valence-corrected chi connectivity index (χ2v) is 7.35. The molecule has 31 heavy (non-hydrogen) atoms. The predicted molar refractivity (Wildman–Crippen MR) is 124 cm³/mol. The first-order valence-electron chi connectivity index (χ1n) is 9.97. The second-order valence-electron chi connectivity index (χ2n) is 7.35. The number of nitrogens with zero attached hydrogens (tertiary/aromatic N) is 1. The van der Waals surface area contributed by atoms with Crippen molar-refractivity contribution >= 4 is 17.1 Å². The molecule has 6 nitrogen and oxygen atoms in total. The van der Waals surface area contributed by atoms with Crippen molar-refractivity contribution in [2.45, 2.75) is 13.0 Å². The molecule has 6 heteroatoms. The fourth-order valence-corrected chi connectivity index (χ4v) is 3.56. The van der Waals surface area contributed by atoms with Crippen LogP contribution in [0.4, 0.5) is 11.4 Å². The monoisotopic (exact) mass is 412 g/mol. The summed E-state index contributed by atoms with van der Waals surface area (Å²) in [5, 5.41) is 21.3. The third kappa shape index (κ3) is 4.34. The van der Waals surface area contributed by atoms with Crippen LogP contribution in [-0.4, -0.2) is 22.4 Å². The summed E-state index contributed by atoms with van der Waals surface area (Å²) in [6.45, 7) is 1.66. The molecule has 5 N–H and O–H groups in total. The molecule has 0 fully saturated rings. The van der Waals surface area contributed by atoms with Crippen LogP contribution in [0.2, 0.25) is 0 Å². The largest absolute Gasteiger partial charge is 0.472 e. The van der Waals surface area contributed by atoms with Crippen molar-refractivity contribution in [1.29, 1.82) is 5.41 Å². The highest BCUT2D eigenvalue weighted by atomic mass is 16.3. The van der Waals surface area contributed by atoms with Crippen molar-refractivity contribution in [2.24, 2.45) is 0 Å². The molecule has 156 valence electrons. The molecule has 4 rings (SSSR count). The topological polar surface area (TPSA) is 108 Å². The predicted octanol–water partition coefficient (Wildman–Crippen LogP) is 5.12. The lowest BCUT2D eigenvalue weighted by Crippen LogP contribution is -2.15. The number of benzene rings is 2. The molecule has 1 atom stereocenters. The Bertz CT molecular complexity index is 1190. The number of pyridine rings is 1. The third-order valence-electron chi connectivity index (χ3n) is 5.18. The summed E-state index contributed by atoms with van der Waals surface area (Å²) in [4.78, 5) is 4.69. The molecular weight excluding hydrogens is 388 g/mol. The normalized spacial score (nSPS) is 11.8. The van der Waals surface area contributed by atoms with Crippen molar-refractivity contribution in [2.75, 3.05) is 17.7 Å². The SMILES string of the molecule is CC(=N)c1cc(-c2cc(NC(CO)c3ccccc3)cnc2-c2ccoc2)ccc1N. The van der Waals surface area contributed by atoms with Gasteiger partial charge in [-0.25, -0.2) is 0 Å². The van der Waals surface area contributed by atoms with Gasteiger partial charge in [0.1, 0.15) is 0 Å². The van der Waals surface area contributed by atoms with Crippen molar-refractivity contribution in [1.82, 2.24) is 4.98 Å². The average molecular weight is 412 g/mol. The van der Waals surface area contributed by atoms with E-state index in [-0.39, 0.29) is 12.6 Å². The van der Waals surface area contributed by atoms with Crippen LogP contribution in [-0.2, 0) is 0 Å². The van der Waals surface area contributed by atoms with Crippen LogP contribution >= 0.6 is 0 Å². The van der Waals surface area contributed by atoms with Gasteiger partial charge < -0.3 is 26.0 Å². The summed E-state index contributed by atoms with van der Waals surface area (Å²) in [7, 11) is 0. The van der Waals surface area contributed by atoms with Crippen molar-refractivity contribution in [3.63, 3.8) is 0 Å². The molecule has 0 aliphatic carbocycles. The van der Waals surface area contributed by atoms with E-state index in [0.717, 1.165) is 33.6 Å². The van der Waals surface area contributed by atoms with Crippen LogP contribution in [0.3, 0.4) is 0 Å². The standard InChI is InChI=1S/C25H24N4O2/c1-16(26)21-11-18(7-8-23(21)27)22-12-20(13-28-25(22)19-9-10-31-15-19)29-24(14-30)17-5-3-2-4-6-17/h2-13,15,24,26,29-30H,14,27H2,1H3. The number of hydrogen-bond donors (Lipinski definition) is 4. The van der Waals surface area contributed by atoms with Gasteiger partial charge >= 0.3 is 0 Å². The van der Waals surface area contributed by atoms with Crippen LogP contribution in [0, 0.1) is 5.41 Å². The van der Waals surface area contributed by atoms with E-state index >= 15 is 0 Å². The molecule has 0 spiro atoms. The van der Waals surface area contributed by atoms with Crippen molar-refractivity contribution < 1.29 is 9.52 Å². The van der Waals surface area contributed by atoms with Gasteiger partial charge in [0.15, 0.2) is 0 Å². The summed E-state index contributed by atoms with van der Waals surface area (Å²) in [6.07, 6.45) is 5.01. The molecule has 1 unspecified atom stereocenters. The van der Waals surface area contributed by atoms with Crippen LogP contribution in [0.25, 0.3) is 22.4 Å². The smallest absolute Gasteiger partial charge is 0.0996 e. The second kappa shape index (κ2) is 8.85. The zero-order valence-electron chi connectivity index (χ0n) is 17.2. The van der Waals surface area contributed by atoms with Gasteiger partial charge in [0.2, 0.25) is 0 Å². The Hall–Kier alpha value is -3.90.